The topological polar surface area (TPSA) is 38.2 Å². The van der Waals surface area contributed by atoms with Crippen molar-refractivity contribution >= 4 is 0 Å². The van der Waals surface area contributed by atoms with Crippen molar-refractivity contribution in [2.75, 3.05) is 26.2 Å². The zero-order valence-corrected chi connectivity index (χ0v) is 15.7. The molecule has 4 nitrogen and oxygen atoms in total. The van der Waals surface area contributed by atoms with Crippen LogP contribution in [0.1, 0.15) is 59.4 Å². The van der Waals surface area contributed by atoms with Crippen molar-refractivity contribution in [1.29, 1.82) is 0 Å². The molecule has 0 radical (unpaired) electrons. The van der Waals surface area contributed by atoms with Crippen LogP contribution in [0.15, 0.2) is 12.4 Å². The number of aromatic nitrogens is 2. The van der Waals surface area contributed by atoms with Gasteiger partial charge in [0.25, 0.3) is 0 Å². The van der Waals surface area contributed by atoms with Gasteiger partial charge in [0, 0.05) is 30.9 Å². The minimum absolute atomic E-state index is 0.0382. The average molecular weight is 319 g/mol. The highest BCUT2D eigenvalue weighted by molar-refractivity contribution is 5.11. The Morgan fingerprint density at radius 2 is 1.87 bits per heavy atom. The van der Waals surface area contributed by atoms with Crippen molar-refractivity contribution in [1.82, 2.24) is 14.9 Å². The van der Waals surface area contributed by atoms with E-state index in [4.69, 9.17) is 4.74 Å². The minimum atomic E-state index is -0.0382. The van der Waals surface area contributed by atoms with Gasteiger partial charge in [-0.1, -0.05) is 20.8 Å². The van der Waals surface area contributed by atoms with Gasteiger partial charge in [-0.3, -0.25) is 9.97 Å². The molecule has 1 atom stereocenters. The Morgan fingerprint density at radius 3 is 2.43 bits per heavy atom. The van der Waals surface area contributed by atoms with Crippen LogP contribution < -0.4 is 0 Å². The lowest BCUT2D eigenvalue weighted by molar-refractivity contribution is -0.0112. The quantitative estimate of drug-likeness (QED) is 0.833. The molecule has 0 aromatic carbocycles. The third-order valence-electron chi connectivity index (χ3n) is 4.28. The number of likely N-dealkylation sites (tertiary alicyclic amines) is 1. The van der Waals surface area contributed by atoms with E-state index in [1.165, 1.54) is 13.0 Å². The van der Waals surface area contributed by atoms with Gasteiger partial charge < -0.3 is 9.64 Å². The maximum Gasteiger partial charge on any atom is 0.0640 e. The molecule has 0 saturated carbocycles. The molecule has 1 fully saturated rings. The summed E-state index contributed by atoms with van der Waals surface area (Å²) in [7, 11) is 0. The first kappa shape index (κ1) is 18.3. The van der Waals surface area contributed by atoms with Crippen LogP contribution in [-0.4, -0.2) is 46.7 Å². The normalized spacial score (nSPS) is 20.2. The van der Waals surface area contributed by atoms with Crippen LogP contribution in [0.2, 0.25) is 0 Å². The van der Waals surface area contributed by atoms with Gasteiger partial charge in [-0.15, -0.1) is 0 Å². The summed E-state index contributed by atoms with van der Waals surface area (Å²) in [5, 5.41) is 0. The Balaban J connectivity index is 1.77. The fraction of sp³-hybridized carbons (Fsp3) is 0.789. The average Bonchev–Trinajstić information content (AvgIpc) is 2.84. The van der Waals surface area contributed by atoms with Crippen LogP contribution in [0.5, 0.6) is 0 Å². The van der Waals surface area contributed by atoms with E-state index in [0.29, 0.717) is 5.92 Å². The summed E-state index contributed by atoms with van der Waals surface area (Å²) in [5.41, 5.74) is 2.22. The molecule has 0 aliphatic carbocycles. The van der Waals surface area contributed by atoms with Gasteiger partial charge in [0.2, 0.25) is 0 Å². The van der Waals surface area contributed by atoms with Gasteiger partial charge in [0.1, 0.15) is 0 Å². The zero-order chi connectivity index (χ0) is 17.1. The van der Waals surface area contributed by atoms with Crippen LogP contribution in [0.4, 0.5) is 0 Å². The second-order valence-electron chi connectivity index (χ2n) is 8.76. The largest absolute Gasteiger partial charge is 0.375 e. The molecule has 1 aliphatic heterocycles. The highest BCUT2D eigenvalue weighted by Gasteiger charge is 2.24. The van der Waals surface area contributed by atoms with Gasteiger partial charge in [-0.2, -0.15) is 0 Å². The zero-order valence-electron chi connectivity index (χ0n) is 15.7. The Bertz CT molecular complexity index is 485. The Kier molecular flexibility index (Phi) is 5.79. The Morgan fingerprint density at radius 1 is 1.13 bits per heavy atom. The summed E-state index contributed by atoms with van der Waals surface area (Å²) >= 11 is 0. The third kappa shape index (κ3) is 6.19. The first-order valence-corrected chi connectivity index (χ1v) is 8.81. The van der Waals surface area contributed by atoms with Gasteiger partial charge >= 0.3 is 0 Å². The molecule has 2 heterocycles. The highest BCUT2D eigenvalue weighted by atomic mass is 16.5. The van der Waals surface area contributed by atoms with Gasteiger partial charge in [0.15, 0.2) is 0 Å². The molecule has 1 saturated heterocycles. The number of hydrogen-bond acceptors (Lipinski definition) is 4. The summed E-state index contributed by atoms with van der Waals surface area (Å²) in [6.07, 6.45) is 6.19. The van der Waals surface area contributed by atoms with Crippen LogP contribution >= 0.6 is 0 Å². The maximum absolute atomic E-state index is 5.83. The molecule has 23 heavy (non-hydrogen) atoms. The molecule has 1 aromatic rings. The SMILES string of the molecule is CC(C)(C)OCCN1CC[C@@H](Cc2cnc(C(C)(C)C)cn2)C1. The predicted molar refractivity (Wildman–Crippen MR) is 94.7 cm³/mol. The molecule has 1 aliphatic rings. The monoisotopic (exact) mass is 319 g/mol. The maximum atomic E-state index is 5.83. The molecular formula is C19H33N3O. The molecule has 1 aromatic heterocycles. The number of nitrogens with zero attached hydrogens (tertiary/aromatic N) is 3. The lowest BCUT2D eigenvalue weighted by Crippen LogP contribution is -2.29. The lowest BCUT2D eigenvalue weighted by atomic mass is 9.92. The smallest absolute Gasteiger partial charge is 0.0640 e. The third-order valence-corrected chi connectivity index (χ3v) is 4.28. The number of rotatable bonds is 5. The molecule has 0 bridgehead atoms. The number of hydrogen-bond donors (Lipinski definition) is 0. The Hall–Kier alpha value is -1.00. The van der Waals surface area contributed by atoms with E-state index in [1.54, 1.807) is 0 Å². The van der Waals surface area contributed by atoms with Gasteiger partial charge in [-0.05, 0) is 46.1 Å². The van der Waals surface area contributed by atoms with Crippen molar-refractivity contribution in [2.24, 2.45) is 5.92 Å². The van der Waals surface area contributed by atoms with E-state index < -0.39 is 0 Å². The van der Waals surface area contributed by atoms with Gasteiger partial charge in [-0.25, -0.2) is 0 Å². The summed E-state index contributed by atoms with van der Waals surface area (Å²) < 4.78 is 5.83. The van der Waals surface area contributed by atoms with E-state index in [1.807, 2.05) is 12.4 Å². The van der Waals surface area contributed by atoms with Crippen LogP contribution in [-0.2, 0) is 16.6 Å². The van der Waals surface area contributed by atoms with E-state index >= 15 is 0 Å². The van der Waals surface area contributed by atoms with Gasteiger partial charge in [0.05, 0.1) is 23.6 Å². The van der Waals surface area contributed by atoms with Crippen LogP contribution in [0.25, 0.3) is 0 Å². The van der Waals surface area contributed by atoms with E-state index in [-0.39, 0.29) is 11.0 Å². The molecule has 0 N–H and O–H groups in total. The highest BCUT2D eigenvalue weighted by Crippen LogP contribution is 2.22. The summed E-state index contributed by atoms with van der Waals surface area (Å²) in [6.45, 7) is 17.0. The van der Waals surface area contributed by atoms with Crippen molar-refractivity contribution < 1.29 is 4.74 Å². The van der Waals surface area contributed by atoms with Crippen LogP contribution in [0.3, 0.4) is 0 Å². The van der Waals surface area contributed by atoms with Crippen LogP contribution in [0, 0.1) is 5.92 Å². The van der Waals surface area contributed by atoms with Crippen molar-refractivity contribution in [3.8, 4) is 0 Å². The van der Waals surface area contributed by atoms with E-state index in [9.17, 15) is 0 Å². The van der Waals surface area contributed by atoms with E-state index in [0.717, 1.165) is 37.5 Å². The predicted octanol–water partition coefficient (Wildman–Crippen LogP) is 3.45. The summed E-state index contributed by atoms with van der Waals surface area (Å²) in [5.74, 6) is 0.694. The molecule has 0 amide bonds. The lowest BCUT2D eigenvalue weighted by Gasteiger charge is -2.22. The first-order chi connectivity index (χ1) is 10.6. The Labute approximate surface area is 141 Å². The molecular weight excluding hydrogens is 286 g/mol. The summed E-state index contributed by atoms with van der Waals surface area (Å²) in [6, 6.07) is 0. The molecule has 2 rings (SSSR count). The van der Waals surface area contributed by atoms with E-state index in [2.05, 4.69) is 56.4 Å². The second-order valence-corrected chi connectivity index (χ2v) is 8.76. The summed E-state index contributed by atoms with van der Waals surface area (Å²) in [4.78, 5) is 11.7. The van der Waals surface area contributed by atoms with Crippen molar-refractivity contribution in [3.05, 3.63) is 23.8 Å². The number of ether oxygens (including phenoxy) is 1. The van der Waals surface area contributed by atoms with Crippen molar-refractivity contribution in [3.63, 3.8) is 0 Å². The fourth-order valence-electron chi connectivity index (χ4n) is 2.91. The molecule has 4 heteroatoms. The van der Waals surface area contributed by atoms with Crippen molar-refractivity contribution in [2.45, 2.75) is 65.4 Å². The molecule has 0 spiro atoms. The first-order valence-electron chi connectivity index (χ1n) is 8.81. The molecule has 0 unspecified atom stereocenters. The minimum Gasteiger partial charge on any atom is -0.375 e. The standard InChI is InChI=1S/C19H33N3O/c1-18(2,3)17-13-20-16(12-21-17)11-15-7-8-22(14-15)9-10-23-19(4,5)6/h12-13,15H,7-11,14H2,1-6H3/t15-/m0/s1. The fourth-order valence-corrected chi connectivity index (χ4v) is 2.91. The second kappa shape index (κ2) is 7.27. The molecule has 130 valence electrons.